The highest BCUT2D eigenvalue weighted by Gasteiger charge is 2.12. The van der Waals surface area contributed by atoms with Crippen LogP contribution in [0.3, 0.4) is 0 Å². The highest BCUT2D eigenvalue weighted by molar-refractivity contribution is 4.84. The predicted octanol–water partition coefficient (Wildman–Crippen LogP) is 1.57. The molecule has 0 aromatic rings. The van der Waals surface area contributed by atoms with E-state index in [1.807, 2.05) is 13.8 Å². The van der Waals surface area contributed by atoms with Gasteiger partial charge in [-0.15, -0.1) is 0 Å². The second-order valence-electron chi connectivity index (χ2n) is 2.10. The molecule has 0 amide bonds. The molecule has 2 nitrogen and oxygen atoms in total. The van der Waals surface area contributed by atoms with E-state index in [1.165, 1.54) is 0 Å². The molecule has 0 aliphatic carbocycles. The zero-order chi connectivity index (χ0) is 7.28. The van der Waals surface area contributed by atoms with Crippen LogP contribution in [0.4, 0.5) is 0 Å². The van der Waals surface area contributed by atoms with Crippen molar-refractivity contribution in [3.63, 3.8) is 0 Å². The molecule has 0 aliphatic rings. The van der Waals surface area contributed by atoms with Crippen LogP contribution in [0, 0.1) is 17.2 Å². The maximum atomic E-state index is 8.44. The summed E-state index contributed by atoms with van der Waals surface area (Å²) < 4.78 is 5.03. The molecular formula is C7H13NO. The Bertz CT molecular complexity index is 102. The van der Waals surface area contributed by atoms with Crippen molar-refractivity contribution in [1.29, 1.82) is 5.26 Å². The Balaban J connectivity index is 3.67. The summed E-state index contributed by atoms with van der Waals surface area (Å²) in [6.07, 6.45) is 1.01. The molecule has 0 saturated heterocycles. The third-order valence-electron chi connectivity index (χ3n) is 1.47. The van der Waals surface area contributed by atoms with Gasteiger partial charge in [0, 0.05) is 7.11 Å². The highest BCUT2D eigenvalue weighted by Crippen LogP contribution is 2.07. The number of hydrogen-bond acceptors (Lipinski definition) is 2. The third-order valence-corrected chi connectivity index (χ3v) is 1.47. The molecule has 0 N–H and O–H groups in total. The molecule has 0 radical (unpaired) electrons. The molecule has 0 aromatic heterocycles. The molecule has 0 saturated carbocycles. The Morgan fingerprint density at radius 3 is 2.33 bits per heavy atom. The van der Waals surface area contributed by atoms with Crippen LogP contribution in [-0.2, 0) is 4.74 Å². The normalized spacial score (nSPS) is 16.2. The average molecular weight is 127 g/mol. The lowest BCUT2D eigenvalue weighted by atomic mass is 10.1. The van der Waals surface area contributed by atoms with Crippen molar-refractivity contribution in [3.05, 3.63) is 0 Å². The lowest BCUT2D eigenvalue weighted by Gasteiger charge is -2.13. The van der Waals surface area contributed by atoms with Crippen molar-refractivity contribution in [1.82, 2.24) is 0 Å². The summed E-state index contributed by atoms with van der Waals surface area (Å²) in [7, 11) is 1.64. The Kier molecular flexibility index (Phi) is 4.08. The van der Waals surface area contributed by atoms with Crippen molar-refractivity contribution in [2.75, 3.05) is 7.11 Å². The Hall–Kier alpha value is -0.550. The Morgan fingerprint density at radius 1 is 1.67 bits per heavy atom. The molecule has 0 fully saturated rings. The van der Waals surface area contributed by atoms with Crippen LogP contribution in [0.15, 0.2) is 0 Å². The first kappa shape index (κ1) is 8.45. The number of nitrogens with zero attached hydrogens (tertiary/aromatic N) is 1. The van der Waals surface area contributed by atoms with Gasteiger partial charge in [0.1, 0.15) is 0 Å². The average Bonchev–Trinajstić information content (AvgIpc) is 1.90. The molecule has 2 heteroatoms. The van der Waals surface area contributed by atoms with E-state index in [4.69, 9.17) is 10.00 Å². The van der Waals surface area contributed by atoms with E-state index in [1.54, 1.807) is 7.11 Å². The standard InChI is InChI=1S/C7H13NO/c1-4-7(9-3)6(2)5-8/h6-7H,4H2,1-3H3. The molecule has 52 valence electrons. The molecule has 0 bridgehead atoms. The molecule has 0 aromatic carbocycles. The minimum absolute atomic E-state index is 0.0139. The molecule has 0 heterocycles. The first-order valence-electron chi connectivity index (χ1n) is 3.18. The quantitative estimate of drug-likeness (QED) is 0.576. The van der Waals surface area contributed by atoms with Gasteiger partial charge in [-0.3, -0.25) is 0 Å². The summed E-state index contributed by atoms with van der Waals surface area (Å²) in [4.78, 5) is 0. The maximum absolute atomic E-state index is 8.44. The van der Waals surface area contributed by atoms with Crippen LogP contribution in [0.25, 0.3) is 0 Å². The summed E-state index contributed by atoms with van der Waals surface area (Å²) in [6, 6.07) is 2.14. The van der Waals surface area contributed by atoms with E-state index >= 15 is 0 Å². The SMILES string of the molecule is CCC(OC)C(C)C#N. The molecule has 0 spiro atoms. The van der Waals surface area contributed by atoms with Gasteiger partial charge in [0.05, 0.1) is 18.1 Å². The third kappa shape index (κ3) is 2.48. The van der Waals surface area contributed by atoms with Gasteiger partial charge in [0.2, 0.25) is 0 Å². The smallest absolute Gasteiger partial charge is 0.0724 e. The maximum Gasteiger partial charge on any atom is 0.0724 e. The minimum Gasteiger partial charge on any atom is -0.380 e. The Morgan fingerprint density at radius 2 is 2.22 bits per heavy atom. The van der Waals surface area contributed by atoms with Crippen molar-refractivity contribution in [2.45, 2.75) is 26.4 Å². The van der Waals surface area contributed by atoms with Crippen molar-refractivity contribution in [3.8, 4) is 6.07 Å². The van der Waals surface area contributed by atoms with Gasteiger partial charge in [-0.25, -0.2) is 0 Å². The number of methoxy groups -OCH3 is 1. The van der Waals surface area contributed by atoms with Crippen molar-refractivity contribution in [2.24, 2.45) is 5.92 Å². The summed E-state index contributed by atoms with van der Waals surface area (Å²) >= 11 is 0. The highest BCUT2D eigenvalue weighted by atomic mass is 16.5. The zero-order valence-electron chi connectivity index (χ0n) is 6.22. The topological polar surface area (TPSA) is 33.0 Å². The number of nitriles is 1. The van der Waals surface area contributed by atoms with E-state index in [0.717, 1.165) is 6.42 Å². The van der Waals surface area contributed by atoms with Gasteiger partial charge < -0.3 is 4.74 Å². The summed E-state index contributed by atoms with van der Waals surface area (Å²) in [5, 5.41) is 8.44. The first-order valence-corrected chi connectivity index (χ1v) is 3.18. The number of ether oxygens (including phenoxy) is 1. The summed E-state index contributed by atoms with van der Waals surface area (Å²) in [6.45, 7) is 3.89. The largest absolute Gasteiger partial charge is 0.380 e. The molecular weight excluding hydrogens is 114 g/mol. The first-order chi connectivity index (χ1) is 4.26. The fourth-order valence-corrected chi connectivity index (χ4v) is 0.807. The van der Waals surface area contributed by atoms with Gasteiger partial charge in [-0.1, -0.05) is 6.92 Å². The van der Waals surface area contributed by atoms with E-state index in [0.29, 0.717) is 0 Å². The molecule has 2 unspecified atom stereocenters. The monoisotopic (exact) mass is 127 g/mol. The minimum atomic E-state index is 0.0139. The number of rotatable bonds is 3. The molecule has 0 aliphatic heterocycles. The van der Waals surface area contributed by atoms with Gasteiger partial charge in [-0.05, 0) is 13.3 Å². The number of hydrogen-bond donors (Lipinski definition) is 0. The van der Waals surface area contributed by atoms with E-state index < -0.39 is 0 Å². The van der Waals surface area contributed by atoms with Crippen LogP contribution >= 0.6 is 0 Å². The predicted molar refractivity (Wildman–Crippen MR) is 35.9 cm³/mol. The van der Waals surface area contributed by atoms with Gasteiger partial charge in [-0.2, -0.15) is 5.26 Å². The lowest BCUT2D eigenvalue weighted by Crippen LogP contribution is -2.17. The van der Waals surface area contributed by atoms with Crippen LogP contribution in [0.2, 0.25) is 0 Å². The van der Waals surface area contributed by atoms with E-state index in [2.05, 4.69) is 6.07 Å². The summed E-state index contributed by atoms with van der Waals surface area (Å²) in [5.41, 5.74) is 0. The van der Waals surface area contributed by atoms with Crippen LogP contribution in [-0.4, -0.2) is 13.2 Å². The van der Waals surface area contributed by atoms with Gasteiger partial charge in [0.25, 0.3) is 0 Å². The van der Waals surface area contributed by atoms with Crippen molar-refractivity contribution >= 4 is 0 Å². The molecule has 2 atom stereocenters. The fraction of sp³-hybridized carbons (Fsp3) is 0.857. The lowest BCUT2D eigenvalue weighted by molar-refractivity contribution is 0.0736. The zero-order valence-corrected chi connectivity index (χ0v) is 6.22. The van der Waals surface area contributed by atoms with Gasteiger partial charge in [0.15, 0.2) is 0 Å². The van der Waals surface area contributed by atoms with Crippen LogP contribution in [0.5, 0.6) is 0 Å². The van der Waals surface area contributed by atoms with Gasteiger partial charge >= 0.3 is 0 Å². The molecule has 9 heavy (non-hydrogen) atoms. The van der Waals surface area contributed by atoms with E-state index in [-0.39, 0.29) is 12.0 Å². The van der Waals surface area contributed by atoms with E-state index in [9.17, 15) is 0 Å². The summed E-state index contributed by atoms with van der Waals surface area (Å²) in [5.74, 6) is 0.0139. The van der Waals surface area contributed by atoms with Crippen LogP contribution < -0.4 is 0 Å². The van der Waals surface area contributed by atoms with Crippen LogP contribution in [0.1, 0.15) is 20.3 Å². The second kappa shape index (κ2) is 4.34. The van der Waals surface area contributed by atoms with Crippen molar-refractivity contribution < 1.29 is 4.74 Å². The Labute approximate surface area is 56.4 Å². The fourth-order valence-electron chi connectivity index (χ4n) is 0.807. The second-order valence-corrected chi connectivity index (χ2v) is 2.10. The molecule has 0 rings (SSSR count).